The van der Waals surface area contributed by atoms with Gasteiger partial charge < -0.3 is 39.8 Å². The zero-order valence-corrected chi connectivity index (χ0v) is 37.0. The predicted octanol–water partition coefficient (Wildman–Crippen LogP) is 6.05. The summed E-state index contributed by atoms with van der Waals surface area (Å²) < 4.78 is 12.0. The highest BCUT2D eigenvalue weighted by molar-refractivity contribution is 5.94. The Morgan fingerprint density at radius 2 is 1.44 bits per heavy atom. The number of aromatic amines is 1. The molecule has 2 atom stereocenters. The van der Waals surface area contributed by atoms with Gasteiger partial charge in [-0.15, -0.1) is 0 Å². The molecule has 3 heterocycles. The first-order chi connectivity index (χ1) is 32.2. The number of H-pyrrole nitrogens is 1. The lowest BCUT2D eigenvalue weighted by atomic mass is 9.91. The fraction of sp³-hybridized carbons (Fsp3) is 0.321. The number of ether oxygens (including phenoxy) is 2. The number of piperidine rings is 1. The van der Waals surface area contributed by atoms with Crippen LogP contribution in [0.5, 0.6) is 11.5 Å². The average molecular weight is 892 g/mol. The minimum Gasteiger partial charge on any atom is -0.506 e. The van der Waals surface area contributed by atoms with Crippen LogP contribution in [0.3, 0.4) is 0 Å². The van der Waals surface area contributed by atoms with Gasteiger partial charge in [0.05, 0.1) is 18.2 Å². The topological polar surface area (TPSA) is 165 Å². The molecule has 2 fully saturated rings. The van der Waals surface area contributed by atoms with Gasteiger partial charge in [-0.3, -0.25) is 24.1 Å². The molecule has 1 aromatic heterocycles. The fourth-order valence-corrected chi connectivity index (χ4v) is 8.85. The summed E-state index contributed by atoms with van der Waals surface area (Å²) >= 11 is 0. The van der Waals surface area contributed by atoms with Crippen molar-refractivity contribution in [1.29, 1.82) is 0 Å². The Morgan fingerprint density at radius 3 is 2.18 bits per heavy atom. The summed E-state index contributed by atoms with van der Waals surface area (Å²) in [6.07, 6.45) is 1.76. The van der Waals surface area contributed by atoms with Gasteiger partial charge in [-0.25, -0.2) is 0 Å². The number of amides is 2. The number of aliphatic hydroxyl groups excluding tert-OH is 1. The lowest BCUT2D eigenvalue weighted by Gasteiger charge is -2.34. The molecule has 0 radical (unpaired) electrons. The Labute approximate surface area is 384 Å². The first-order valence-corrected chi connectivity index (χ1v) is 22.8. The van der Waals surface area contributed by atoms with Crippen LogP contribution in [0.25, 0.3) is 10.9 Å². The summed E-state index contributed by atoms with van der Waals surface area (Å²) in [5.41, 5.74) is 5.00. The molecule has 13 nitrogen and oxygen atoms in total. The van der Waals surface area contributed by atoms with E-state index in [-0.39, 0.29) is 42.2 Å². The van der Waals surface area contributed by atoms with Crippen molar-refractivity contribution in [1.82, 2.24) is 25.0 Å². The molecule has 5 aromatic carbocycles. The standard InChI is InChI=1S/C53H57N5O8/c59-46-20-18-44(45-19-21-48(61)55-51(45)46)47(60)33-54-25-22-37-14-16-41(17-15-37)52(63)58-30-28-57(29-31-58)49(62)36-65-43-13-7-12-42(32-43)50(40-10-5-2-6-11-40)53(64)66-35-39-23-26-56(27-24-39)34-38-8-3-1-4-9-38/h1-21,32,39,47,50,54,59-60H,22-31,33-36H2,(H,55,61)/t47-,50?/m0/s1. The maximum Gasteiger partial charge on any atom is 0.317 e. The number of rotatable bonds is 17. The fourth-order valence-electron chi connectivity index (χ4n) is 8.85. The van der Waals surface area contributed by atoms with Crippen LogP contribution in [0, 0.1) is 5.92 Å². The van der Waals surface area contributed by atoms with Crippen LogP contribution < -0.4 is 15.6 Å². The smallest absolute Gasteiger partial charge is 0.317 e. The first-order valence-electron chi connectivity index (χ1n) is 22.8. The number of benzene rings is 5. The van der Waals surface area contributed by atoms with E-state index in [2.05, 4.69) is 39.5 Å². The quantitative estimate of drug-likeness (QED) is 0.0627. The number of nitrogens with one attached hydrogen (secondary N) is 2. The number of aromatic hydroxyl groups is 1. The molecule has 66 heavy (non-hydrogen) atoms. The van der Waals surface area contributed by atoms with Crippen LogP contribution >= 0.6 is 0 Å². The number of hydrogen-bond donors (Lipinski definition) is 4. The van der Waals surface area contributed by atoms with E-state index in [1.807, 2.05) is 78.9 Å². The maximum absolute atomic E-state index is 13.8. The van der Waals surface area contributed by atoms with Crippen molar-refractivity contribution in [2.45, 2.75) is 37.8 Å². The van der Waals surface area contributed by atoms with Gasteiger partial charge in [-0.1, -0.05) is 91.0 Å². The van der Waals surface area contributed by atoms with Gasteiger partial charge in [0.25, 0.3) is 11.8 Å². The van der Waals surface area contributed by atoms with E-state index in [0.717, 1.165) is 49.2 Å². The number of phenols is 1. The minimum absolute atomic E-state index is 0.0568. The van der Waals surface area contributed by atoms with Crippen molar-refractivity contribution in [2.24, 2.45) is 5.92 Å². The first kappa shape index (κ1) is 45.8. The van der Waals surface area contributed by atoms with Crippen molar-refractivity contribution in [3.05, 3.63) is 177 Å². The third-order valence-corrected chi connectivity index (χ3v) is 12.7. The molecule has 6 aromatic rings. The van der Waals surface area contributed by atoms with Crippen molar-refractivity contribution < 1.29 is 34.1 Å². The van der Waals surface area contributed by atoms with Crippen molar-refractivity contribution in [3.63, 3.8) is 0 Å². The SMILES string of the molecule is O=C(OCC1CCN(Cc2ccccc2)CC1)C(c1ccccc1)c1cccc(OCC(=O)N2CCN(C(=O)c3ccc(CCNC[C@H](O)c4ccc(O)c5[nH]c(=O)ccc45)cc3)CC2)c1. The zero-order chi connectivity index (χ0) is 45.8. The van der Waals surface area contributed by atoms with E-state index in [1.165, 1.54) is 17.7 Å². The second-order valence-corrected chi connectivity index (χ2v) is 17.2. The highest BCUT2D eigenvalue weighted by Gasteiger charge is 2.29. The minimum atomic E-state index is -0.855. The monoisotopic (exact) mass is 891 g/mol. The molecule has 13 heteroatoms. The summed E-state index contributed by atoms with van der Waals surface area (Å²) in [7, 11) is 0. The van der Waals surface area contributed by atoms with Crippen LogP contribution in [-0.2, 0) is 27.3 Å². The summed E-state index contributed by atoms with van der Waals surface area (Å²) in [4.78, 5) is 60.8. The van der Waals surface area contributed by atoms with E-state index >= 15 is 0 Å². The van der Waals surface area contributed by atoms with Crippen LogP contribution in [0.1, 0.15) is 63.0 Å². The molecule has 2 amide bonds. The molecular weight excluding hydrogens is 835 g/mol. The number of esters is 1. The van der Waals surface area contributed by atoms with Crippen LogP contribution in [0.2, 0.25) is 0 Å². The summed E-state index contributed by atoms with van der Waals surface area (Å²) in [6, 6.07) is 40.9. The number of aromatic nitrogens is 1. The lowest BCUT2D eigenvalue weighted by molar-refractivity contribution is -0.146. The molecule has 0 spiro atoms. The molecule has 1 unspecified atom stereocenters. The van der Waals surface area contributed by atoms with E-state index in [9.17, 15) is 29.4 Å². The van der Waals surface area contributed by atoms with Crippen molar-refractivity contribution in [2.75, 3.05) is 65.6 Å². The molecule has 4 N–H and O–H groups in total. The van der Waals surface area contributed by atoms with E-state index < -0.39 is 12.0 Å². The molecule has 2 saturated heterocycles. The van der Waals surface area contributed by atoms with Gasteiger partial charge in [0, 0.05) is 56.3 Å². The second-order valence-electron chi connectivity index (χ2n) is 17.2. The Bertz CT molecular complexity index is 2630. The van der Waals surface area contributed by atoms with E-state index in [1.54, 1.807) is 28.0 Å². The normalized spacial score (nSPS) is 15.6. The van der Waals surface area contributed by atoms with Gasteiger partial charge >= 0.3 is 5.97 Å². The highest BCUT2D eigenvalue weighted by Crippen LogP contribution is 2.31. The third kappa shape index (κ3) is 11.7. The van der Waals surface area contributed by atoms with Gasteiger partial charge in [-0.2, -0.15) is 0 Å². The molecule has 8 rings (SSSR count). The molecule has 2 aliphatic heterocycles. The Hall–Kier alpha value is -6.80. The van der Waals surface area contributed by atoms with Crippen LogP contribution in [0.4, 0.5) is 0 Å². The average Bonchev–Trinajstić information content (AvgIpc) is 3.35. The van der Waals surface area contributed by atoms with Gasteiger partial charge in [0.15, 0.2) is 6.61 Å². The lowest BCUT2D eigenvalue weighted by Crippen LogP contribution is -2.51. The molecule has 0 saturated carbocycles. The Morgan fingerprint density at radius 1 is 0.742 bits per heavy atom. The number of carbonyl (C=O) groups is 3. The molecule has 2 aliphatic rings. The Kier molecular flexibility index (Phi) is 15.2. The number of hydrogen-bond acceptors (Lipinski definition) is 10. The highest BCUT2D eigenvalue weighted by atomic mass is 16.5. The third-order valence-electron chi connectivity index (χ3n) is 12.7. The predicted molar refractivity (Wildman–Crippen MR) is 252 cm³/mol. The summed E-state index contributed by atoms with van der Waals surface area (Å²) in [5.74, 6) is -0.512. The van der Waals surface area contributed by atoms with Crippen molar-refractivity contribution >= 4 is 28.7 Å². The number of phenolic OH excluding ortho intramolecular Hbond substituents is 1. The number of fused-ring (bicyclic) bond motifs is 1. The van der Waals surface area contributed by atoms with Gasteiger partial charge in [0.1, 0.15) is 17.4 Å². The second kappa shape index (κ2) is 21.9. The van der Waals surface area contributed by atoms with Crippen LogP contribution in [0.15, 0.2) is 138 Å². The largest absolute Gasteiger partial charge is 0.506 e. The number of carbonyl (C=O) groups excluding carboxylic acids is 3. The summed E-state index contributed by atoms with van der Waals surface area (Å²) in [6.45, 7) is 5.47. The number of likely N-dealkylation sites (tertiary alicyclic amines) is 1. The number of piperazine rings is 1. The maximum atomic E-state index is 13.8. The van der Waals surface area contributed by atoms with Gasteiger partial charge in [0.2, 0.25) is 5.56 Å². The molecular formula is C53H57N5O8. The van der Waals surface area contributed by atoms with Crippen molar-refractivity contribution in [3.8, 4) is 11.5 Å². The van der Waals surface area contributed by atoms with E-state index in [4.69, 9.17) is 9.47 Å². The number of pyridine rings is 1. The van der Waals surface area contributed by atoms with E-state index in [0.29, 0.717) is 79.4 Å². The molecule has 342 valence electrons. The zero-order valence-electron chi connectivity index (χ0n) is 37.0. The summed E-state index contributed by atoms with van der Waals surface area (Å²) in [5, 5.41) is 24.8. The molecule has 0 bridgehead atoms. The number of nitrogens with zero attached hydrogens (tertiary/aromatic N) is 3. The number of aliphatic hydroxyl groups is 1. The van der Waals surface area contributed by atoms with Gasteiger partial charge in [-0.05, 0) is 109 Å². The van der Waals surface area contributed by atoms with Crippen LogP contribution in [-0.4, -0.2) is 113 Å². The molecule has 0 aliphatic carbocycles. The Balaban J connectivity index is 0.770.